The Labute approximate surface area is 180 Å². The Morgan fingerprint density at radius 2 is 2.26 bits per heavy atom. The molecule has 0 radical (unpaired) electrons. The number of imidazole rings is 1. The van der Waals surface area contributed by atoms with Crippen LogP contribution in [0.2, 0.25) is 0 Å². The fourth-order valence-corrected chi connectivity index (χ4v) is 3.92. The summed E-state index contributed by atoms with van der Waals surface area (Å²) in [6, 6.07) is 1.21. The Kier molecular flexibility index (Phi) is 8.29. The molecule has 0 bridgehead atoms. The van der Waals surface area contributed by atoms with Crippen molar-refractivity contribution >= 4 is 22.6 Å². The number of nitrogens with two attached hydrogens (primary N) is 1. The van der Waals surface area contributed by atoms with E-state index in [0.29, 0.717) is 23.3 Å². The van der Waals surface area contributed by atoms with Gasteiger partial charge in [-0.1, -0.05) is 13.3 Å². The van der Waals surface area contributed by atoms with Crippen molar-refractivity contribution < 1.29 is 29.2 Å². The molecule has 172 valence electrons. The molecule has 0 amide bonds. The van der Waals surface area contributed by atoms with Crippen LogP contribution in [0.3, 0.4) is 0 Å². The largest absolute Gasteiger partial charge is 0.397 e. The van der Waals surface area contributed by atoms with Crippen LogP contribution in [0.1, 0.15) is 32.4 Å². The van der Waals surface area contributed by atoms with Crippen LogP contribution >= 0.6 is 0 Å². The van der Waals surface area contributed by atoms with Gasteiger partial charge in [-0.3, -0.25) is 14.7 Å². The molecule has 5 N–H and O–H groups in total. The highest BCUT2D eigenvalue weighted by atomic mass is 16.7. The second kappa shape index (κ2) is 10.9. The number of pyridine rings is 1. The number of Topliss-reactive ketones (excluding diaryl/α,β-unsaturated/α-hetero) is 1. The van der Waals surface area contributed by atoms with Crippen molar-refractivity contribution in [1.29, 1.82) is 0 Å². The smallest absolute Gasteiger partial charge is 0.164 e. The van der Waals surface area contributed by atoms with Crippen molar-refractivity contribution in [1.82, 2.24) is 19.9 Å². The monoisotopic (exact) mass is 437 g/mol. The minimum absolute atomic E-state index is 0.0486. The number of anilines is 1. The van der Waals surface area contributed by atoms with E-state index < -0.39 is 30.4 Å². The van der Waals surface area contributed by atoms with E-state index in [9.17, 15) is 15.0 Å². The molecular weight excluding hydrogens is 406 g/mol. The summed E-state index contributed by atoms with van der Waals surface area (Å²) in [5.41, 5.74) is 7.37. The summed E-state index contributed by atoms with van der Waals surface area (Å²) in [5, 5.41) is 23.9. The Balaban J connectivity index is 1.73. The van der Waals surface area contributed by atoms with Gasteiger partial charge in [-0.15, -0.1) is 0 Å². The zero-order valence-electron chi connectivity index (χ0n) is 17.8. The number of nitrogen functional groups attached to an aromatic ring is 1. The summed E-state index contributed by atoms with van der Waals surface area (Å²) in [4.78, 5) is 21.5. The number of aliphatic hydroxyl groups excluding tert-OH is 2. The lowest BCUT2D eigenvalue weighted by Crippen LogP contribution is -2.41. The molecule has 11 heteroatoms. The van der Waals surface area contributed by atoms with E-state index in [4.69, 9.17) is 19.9 Å². The summed E-state index contributed by atoms with van der Waals surface area (Å²) in [6.07, 6.45) is 1.95. The lowest BCUT2D eigenvalue weighted by atomic mass is 9.89. The third-order valence-corrected chi connectivity index (χ3v) is 5.50. The average molecular weight is 437 g/mol. The van der Waals surface area contributed by atoms with Gasteiger partial charge in [0, 0.05) is 25.6 Å². The molecule has 1 fully saturated rings. The van der Waals surface area contributed by atoms with Gasteiger partial charge in [0.2, 0.25) is 0 Å². The van der Waals surface area contributed by atoms with Gasteiger partial charge < -0.3 is 30.2 Å². The maximum absolute atomic E-state index is 13.0. The van der Waals surface area contributed by atoms with Crippen LogP contribution in [0, 0.1) is 5.92 Å². The van der Waals surface area contributed by atoms with Crippen LogP contribution in [0.15, 0.2) is 18.6 Å². The van der Waals surface area contributed by atoms with Crippen LogP contribution in [-0.2, 0) is 19.0 Å². The van der Waals surface area contributed by atoms with Crippen molar-refractivity contribution in [2.24, 2.45) is 5.92 Å². The number of hydrogen-bond acceptors (Lipinski definition) is 10. The fourth-order valence-electron chi connectivity index (χ4n) is 3.92. The Morgan fingerprint density at radius 1 is 1.45 bits per heavy atom. The third-order valence-electron chi connectivity index (χ3n) is 5.50. The number of ether oxygens (including phenoxy) is 3. The quantitative estimate of drug-likeness (QED) is 0.267. The van der Waals surface area contributed by atoms with Gasteiger partial charge in [0.1, 0.15) is 24.2 Å². The molecule has 2 unspecified atom stereocenters. The Morgan fingerprint density at radius 3 is 2.97 bits per heavy atom. The molecule has 31 heavy (non-hydrogen) atoms. The summed E-state index contributed by atoms with van der Waals surface area (Å²) in [6.45, 7) is 1.96. The number of aliphatic hydroxyl groups is 2. The molecule has 0 aromatic carbocycles. The first-order chi connectivity index (χ1) is 15.0. The van der Waals surface area contributed by atoms with Crippen LogP contribution in [-0.4, -0.2) is 76.0 Å². The highest BCUT2D eigenvalue weighted by Crippen LogP contribution is 2.37. The predicted octanol–water partition coefficient (Wildman–Crippen LogP) is 0.176. The molecule has 2 aromatic rings. The van der Waals surface area contributed by atoms with E-state index in [1.807, 2.05) is 6.92 Å². The van der Waals surface area contributed by atoms with Crippen molar-refractivity contribution in [2.75, 3.05) is 33.0 Å². The molecule has 1 saturated heterocycles. The summed E-state index contributed by atoms with van der Waals surface area (Å²) >= 11 is 0. The van der Waals surface area contributed by atoms with Crippen LogP contribution in [0.4, 0.5) is 5.69 Å². The van der Waals surface area contributed by atoms with Gasteiger partial charge in [-0.2, -0.15) is 0 Å². The predicted molar refractivity (Wildman–Crippen MR) is 112 cm³/mol. The van der Waals surface area contributed by atoms with Gasteiger partial charge in [0.25, 0.3) is 0 Å². The highest BCUT2D eigenvalue weighted by Gasteiger charge is 2.46. The summed E-state index contributed by atoms with van der Waals surface area (Å²) in [5.74, 6) is -0.658. The van der Waals surface area contributed by atoms with Gasteiger partial charge in [-0.05, 0) is 12.5 Å². The number of aromatic nitrogens is 3. The molecule has 3 heterocycles. The topological polar surface area (TPSA) is 154 Å². The molecule has 0 saturated carbocycles. The lowest BCUT2D eigenvalue weighted by molar-refractivity contribution is -0.124. The van der Waals surface area contributed by atoms with Gasteiger partial charge in [0.15, 0.2) is 11.9 Å². The normalized spacial score (nSPS) is 24.6. The van der Waals surface area contributed by atoms with Crippen molar-refractivity contribution in [2.45, 2.75) is 50.7 Å². The van der Waals surface area contributed by atoms with E-state index in [2.05, 4.69) is 15.3 Å². The number of rotatable bonds is 12. The van der Waals surface area contributed by atoms with E-state index in [-0.39, 0.29) is 32.3 Å². The van der Waals surface area contributed by atoms with Crippen LogP contribution in [0.25, 0.3) is 11.2 Å². The maximum Gasteiger partial charge on any atom is 0.164 e. The number of carbonyl (C=O) groups excluding carboxylic acids is 1. The Bertz CT molecular complexity index is 862. The molecule has 0 spiro atoms. The number of nitrogens with one attached hydrogen (secondary N) is 1. The van der Waals surface area contributed by atoms with Gasteiger partial charge >= 0.3 is 0 Å². The SMILES string of the molecule is CCCC(NCOCOC)C(=O)C[C@@H]1C(O)[C@H](n2cnc3c(N)ccnc32)O[C@@H]1CO. The van der Waals surface area contributed by atoms with Crippen molar-refractivity contribution in [3.05, 3.63) is 18.6 Å². The van der Waals surface area contributed by atoms with E-state index in [1.54, 1.807) is 16.8 Å². The molecule has 5 atom stereocenters. The molecule has 3 rings (SSSR count). The molecule has 1 aliphatic heterocycles. The molecular formula is C20H31N5O6. The number of methoxy groups -OCH3 is 1. The minimum Gasteiger partial charge on any atom is -0.397 e. The maximum atomic E-state index is 13.0. The van der Waals surface area contributed by atoms with E-state index in [1.165, 1.54) is 13.4 Å². The van der Waals surface area contributed by atoms with Crippen molar-refractivity contribution in [3.8, 4) is 0 Å². The van der Waals surface area contributed by atoms with E-state index in [0.717, 1.165) is 6.42 Å². The summed E-state index contributed by atoms with van der Waals surface area (Å²) < 4.78 is 17.6. The second-order valence-corrected chi connectivity index (χ2v) is 7.60. The Hall–Kier alpha value is -2.15. The second-order valence-electron chi connectivity index (χ2n) is 7.60. The molecule has 1 aliphatic rings. The van der Waals surface area contributed by atoms with Gasteiger partial charge in [-0.25, -0.2) is 9.97 Å². The average Bonchev–Trinajstić information content (AvgIpc) is 3.32. The molecule has 11 nitrogen and oxygen atoms in total. The number of carbonyl (C=O) groups is 1. The fraction of sp³-hybridized carbons (Fsp3) is 0.650. The number of hydrogen-bond donors (Lipinski definition) is 4. The lowest BCUT2D eigenvalue weighted by Gasteiger charge is -2.22. The van der Waals surface area contributed by atoms with Gasteiger partial charge in [0.05, 0.1) is 37.5 Å². The van der Waals surface area contributed by atoms with Crippen LogP contribution in [0.5, 0.6) is 0 Å². The summed E-state index contributed by atoms with van der Waals surface area (Å²) in [7, 11) is 1.52. The molecule has 2 aromatic heterocycles. The third kappa shape index (κ3) is 5.20. The standard InChI is InChI=1S/C20H31N5O6/c1-3-4-14(24-10-30-11-29-2)15(27)7-12-16(8-26)31-20(18(12)28)25-9-23-17-13(21)5-6-22-19(17)25/h5-6,9,12,14,16,18,20,24,26,28H,3-4,7-8,10-11H2,1-2H3,(H2,21,22)/t12-,14?,16+,18?,20+/m0/s1. The molecule has 0 aliphatic carbocycles. The van der Waals surface area contributed by atoms with Crippen molar-refractivity contribution in [3.63, 3.8) is 0 Å². The first-order valence-corrected chi connectivity index (χ1v) is 10.4. The zero-order valence-corrected chi connectivity index (χ0v) is 17.8. The van der Waals surface area contributed by atoms with Crippen LogP contribution < -0.4 is 11.1 Å². The first kappa shape index (κ1) is 23.5. The number of fused-ring (bicyclic) bond motifs is 1. The highest BCUT2D eigenvalue weighted by molar-refractivity contribution is 5.84. The zero-order chi connectivity index (χ0) is 22.4. The number of nitrogens with zero attached hydrogens (tertiary/aromatic N) is 3. The first-order valence-electron chi connectivity index (χ1n) is 10.4. The number of ketones is 1. The van der Waals surface area contributed by atoms with E-state index >= 15 is 0 Å². The minimum atomic E-state index is -1.03.